The van der Waals surface area contributed by atoms with Crippen molar-refractivity contribution in [1.29, 1.82) is 0 Å². The standard InChI is InChI=1S/C21H19NO5S2/c1-26-11-10-22-19(23)18(29-21(22)28)12-14-4-8-17(9-5-14)27-13-15-2-6-16(7-3-15)20(24)25/h2-9,12H,10-11,13H2,1H3,(H,24,25)/b18-12+. The highest BCUT2D eigenvalue weighted by molar-refractivity contribution is 8.26. The minimum absolute atomic E-state index is 0.109. The van der Waals surface area contributed by atoms with Gasteiger partial charge in [-0.05, 0) is 41.5 Å². The van der Waals surface area contributed by atoms with Crippen LogP contribution in [-0.2, 0) is 16.1 Å². The van der Waals surface area contributed by atoms with Crippen molar-refractivity contribution >= 4 is 46.3 Å². The molecule has 1 heterocycles. The zero-order chi connectivity index (χ0) is 20.8. The van der Waals surface area contributed by atoms with E-state index in [0.717, 1.165) is 11.1 Å². The summed E-state index contributed by atoms with van der Waals surface area (Å²) in [6.07, 6.45) is 1.81. The maximum atomic E-state index is 12.5. The summed E-state index contributed by atoms with van der Waals surface area (Å²) in [6, 6.07) is 13.9. The molecule has 3 rings (SSSR count). The summed E-state index contributed by atoms with van der Waals surface area (Å²) in [5.74, 6) is -0.386. The third-order valence-electron chi connectivity index (χ3n) is 4.18. The lowest BCUT2D eigenvalue weighted by Crippen LogP contribution is -2.31. The predicted molar refractivity (Wildman–Crippen MR) is 116 cm³/mol. The lowest BCUT2D eigenvalue weighted by molar-refractivity contribution is -0.122. The number of carbonyl (C=O) groups is 2. The quantitative estimate of drug-likeness (QED) is 0.505. The van der Waals surface area contributed by atoms with Crippen LogP contribution in [0.25, 0.3) is 6.08 Å². The van der Waals surface area contributed by atoms with Crippen molar-refractivity contribution in [2.45, 2.75) is 6.61 Å². The Balaban J connectivity index is 1.60. The van der Waals surface area contributed by atoms with Gasteiger partial charge < -0.3 is 14.6 Å². The number of aromatic carboxylic acids is 1. The van der Waals surface area contributed by atoms with E-state index < -0.39 is 5.97 Å². The lowest BCUT2D eigenvalue weighted by Gasteiger charge is -2.12. The molecule has 0 spiro atoms. The average Bonchev–Trinajstić information content (AvgIpc) is 2.98. The largest absolute Gasteiger partial charge is 0.489 e. The van der Waals surface area contributed by atoms with E-state index >= 15 is 0 Å². The number of methoxy groups -OCH3 is 1. The summed E-state index contributed by atoms with van der Waals surface area (Å²) in [5, 5.41) is 8.92. The molecule has 150 valence electrons. The van der Waals surface area contributed by atoms with Crippen LogP contribution in [0, 0.1) is 0 Å². The van der Waals surface area contributed by atoms with E-state index in [-0.39, 0.29) is 11.5 Å². The number of hydrogen-bond donors (Lipinski definition) is 1. The average molecular weight is 430 g/mol. The van der Waals surface area contributed by atoms with Gasteiger partial charge in [-0.25, -0.2) is 4.79 Å². The van der Waals surface area contributed by atoms with E-state index in [1.807, 2.05) is 24.3 Å². The number of rotatable bonds is 8. The van der Waals surface area contributed by atoms with Gasteiger partial charge in [0.15, 0.2) is 0 Å². The van der Waals surface area contributed by atoms with E-state index in [4.69, 9.17) is 26.8 Å². The van der Waals surface area contributed by atoms with Gasteiger partial charge in [0.25, 0.3) is 5.91 Å². The molecule has 0 aromatic heterocycles. The van der Waals surface area contributed by atoms with Crippen molar-refractivity contribution in [2.24, 2.45) is 0 Å². The van der Waals surface area contributed by atoms with E-state index in [1.165, 1.54) is 11.8 Å². The summed E-state index contributed by atoms with van der Waals surface area (Å²) >= 11 is 6.55. The fourth-order valence-corrected chi connectivity index (χ4v) is 3.91. The summed E-state index contributed by atoms with van der Waals surface area (Å²) in [6.45, 7) is 1.21. The molecule has 1 N–H and O–H groups in total. The molecule has 1 fully saturated rings. The van der Waals surface area contributed by atoms with Crippen LogP contribution in [0.4, 0.5) is 0 Å². The van der Waals surface area contributed by atoms with Crippen LogP contribution < -0.4 is 4.74 Å². The highest BCUT2D eigenvalue weighted by atomic mass is 32.2. The molecule has 2 aromatic carbocycles. The second-order valence-electron chi connectivity index (χ2n) is 6.19. The van der Waals surface area contributed by atoms with Crippen molar-refractivity contribution in [1.82, 2.24) is 4.90 Å². The summed E-state index contributed by atoms with van der Waals surface area (Å²) < 4.78 is 11.3. The Bertz CT molecular complexity index is 939. The van der Waals surface area contributed by atoms with Gasteiger partial charge in [0.1, 0.15) is 16.7 Å². The van der Waals surface area contributed by atoms with Crippen molar-refractivity contribution in [3.63, 3.8) is 0 Å². The first-order chi connectivity index (χ1) is 14.0. The normalized spacial score (nSPS) is 15.2. The number of carboxylic acid groups (broad SMARTS) is 1. The number of thiocarbonyl (C=S) groups is 1. The Morgan fingerprint density at radius 1 is 1.17 bits per heavy atom. The zero-order valence-electron chi connectivity index (χ0n) is 15.7. The summed E-state index contributed by atoms with van der Waals surface area (Å²) in [7, 11) is 1.59. The van der Waals surface area contributed by atoms with Gasteiger partial charge in [-0.1, -0.05) is 48.2 Å². The minimum Gasteiger partial charge on any atom is -0.489 e. The third-order valence-corrected chi connectivity index (χ3v) is 5.55. The molecule has 0 atom stereocenters. The molecule has 0 aliphatic carbocycles. The number of carbonyl (C=O) groups excluding carboxylic acids is 1. The van der Waals surface area contributed by atoms with Crippen molar-refractivity contribution in [3.05, 3.63) is 70.1 Å². The smallest absolute Gasteiger partial charge is 0.335 e. The van der Waals surface area contributed by atoms with Crippen LogP contribution in [-0.4, -0.2) is 46.5 Å². The van der Waals surface area contributed by atoms with Crippen molar-refractivity contribution in [3.8, 4) is 5.75 Å². The fraction of sp³-hybridized carbons (Fsp3) is 0.190. The van der Waals surface area contributed by atoms with Crippen LogP contribution in [0.5, 0.6) is 5.75 Å². The first-order valence-corrected chi connectivity index (χ1v) is 10.00. The second-order valence-corrected chi connectivity index (χ2v) is 7.86. The van der Waals surface area contributed by atoms with Crippen molar-refractivity contribution in [2.75, 3.05) is 20.3 Å². The molecule has 8 heteroatoms. The molecule has 6 nitrogen and oxygen atoms in total. The fourth-order valence-electron chi connectivity index (χ4n) is 2.60. The molecule has 1 aliphatic rings. The monoisotopic (exact) mass is 429 g/mol. The highest BCUT2D eigenvalue weighted by Crippen LogP contribution is 2.32. The van der Waals surface area contributed by atoms with Crippen LogP contribution >= 0.6 is 24.0 Å². The highest BCUT2D eigenvalue weighted by Gasteiger charge is 2.31. The second kappa shape index (κ2) is 9.69. The molecule has 0 radical (unpaired) electrons. The van der Waals surface area contributed by atoms with E-state index in [0.29, 0.717) is 34.7 Å². The number of amides is 1. The van der Waals surface area contributed by atoms with Gasteiger partial charge in [0, 0.05) is 7.11 Å². The SMILES string of the molecule is COCCN1C(=O)/C(=C\c2ccc(OCc3ccc(C(=O)O)cc3)cc2)SC1=S. The number of nitrogens with zero attached hydrogens (tertiary/aromatic N) is 1. The van der Waals surface area contributed by atoms with Gasteiger partial charge >= 0.3 is 5.97 Å². The molecule has 1 amide bonds. The topological polar surface area (TPSA) is 76.1 Å². The number of ether oxygens (including phenoxy) is 2. The van der Waals surface area contributed by atoms with E-state index in [9.17, 15) is 9.59 Å². The molecule has 29 heavy (non-hydrogen) atoms. The Hall–Kier alpha value is -2.68. The van der Waals surface area contributed by atoms with Crippen LogP contribution in [0.15, 0.2) is 53.4 Å². The Morgan fingerprint density at radius 3 is 2.48 bits per heavy atom. The predicted octanol–water partition coefficient (Wildman–Crippen LogP) is 3.81. The van der Waals surface area contributed by atoms with Crippen LogP contribution in [0.1, 0.15) is 21.5 Å². The Labute approximate surface area is 178 Å². The molecule has 1 aliphatic heterocycles. The number of thioether (sulfide) groups is 1. The lowest BCUT2D eigenvalue weighted by atomic mass is 10.1. The third kappa shape index (κ3) is 5.44. The van der Waals surface area contributed by atoms with Crippen LogP contribution in [0.3, 0.4) is 0 Å². The van der Waals surface area contributed by atoms with Crippen molar-refractivity contribution < 1.29 is 24.2 Å². The maximum absolute atomic E-state index is 12.5. The van der Waals surface area contributed by atoms with Crippen LogP contribution in [0.2, 0.25) is 0 Å². The van der Waals surface area contributed by atoms with Gasteiger partial charge in [-0.15, -0.1) is 0 Å². The molecule has 0 bridgehead atoms. The molecular weight excluding hydrogens is 410 g/mol. The van der Waals surface area contributed by atoms with Gasteiger partial charge in [0.2, 0.25) is 0 Å². The first-order valence-electron chi connectivity index (χ1n) is 8.77. The molecule has 0 unspecified atom stereocenters. The molecular formula is C21H19NO5S2. The number of hydrogen-bond acceptors (Lipinski definition) is 6. The number of benzene rings is 2. The maximum Gasteiger partial charge on any atom is 0.335 e. The summed E-state index contributed by atoms with van der Waals surface area (Å²) in [5.41, 5.74) is 1.99. The molecule has 0 saturated carbocycles. The van der Waals surface area contributed by atoms with Gasteiger partial charge in [0.05, 0.1) is 23.6 Å². The molecule has 2 aromatic rings. The van der Waals surface area contributed by atoms with Gasteiger partial charge in [-0.2, -0.15) is 0 Å². The zero-order valence-corrected chi connectivity index (χ0v) is 17.3. The van der Waals surface area contributed by atoms with Gasteiger partial charge in [-0.3, -0.25) is 9.69 Å². The first kappa shape index (κ1) is 21.0. The van der Waals surface area contributed by atoms with E-state index in [1.54, 1.807) is 42.4 Å². The summed E-state index contributed by atoms with van der Waals surface area (Å²) in [4.78, 5) is 25.5. The van der Waals surface area contributed by atoms with E-state index in [2.05, 4.69) is 0 Å². The Kier molecular flexibility index (Phi) is 7.03. The minimum atomic E-state index is -0.955. The Morgan fingerprint density at radius 2 is 1.86 bits per heavy atom. The molecule has 1 saturated heterocycles. The number of carboxylic acids is 1.